The summed E-state index contributed by atoms with van der Waals surface area (Å²) in [7, 11) is -3.34. The Morgan fingerprint density at radius 2 is 2.05 bits per heavy atom. The van der Waals surface area contributed by atoms with Crippen molar-refractivity contribution in [3.05, 3.63) is 16.3 Å². The molecule has 0 unspecified atom stereocenters. The van der Waals surface area contributed by atoms with Crippen molar-refractivity contribution in [2.75, 3.05) is 6.54 Å². The molecule has 21 heavy (non-hydrogen) atoms. The Morgan fingerprint density at radius 1 is 1.33 bits per heavy atom. The van der Waals surface area contributed by atoms with E-state index in [2.05, 4.69) is 19.2 Å². The Kier molecular flexibility index (Phi) is 4.41. The lowest BCUT2D eigenvalue weighted by Gasteiger charge is -2.24. The zero-order valence-corrected chi connectivity index (χ0v) is 14.3. The molecule has 2 fully saturated rings. The second kappa shape index (κ2) is 5.99. The molecule has 0 aliphatic heterocycles. The van der Waals surface area contributed by atoms with E-state index in [1.54, 1.807) is 21.7 Å². The van der Waals surface area contributed by atoms with Gasteiger partial charge in [-0.2, -0.15) is 4.31 Å². The van der Waals surface area contributed by atoms with Gasteiger partial charge in [0, 0.05) is 30.1 Å². The summed E-state index contributed by atoms with van der Waals surface area (Å²) in [6.07, 6.45) is 4.45. The summed E-state index contributed by atoms with van der Waals surface area (Å²) in [5.41, 5.74) is 0. The summed E-state index contributed by atoms with van der Waals surface area (Å²) in [6.45, 7) is 5.46. The van der Waals surface area contributed by atoms with Crippen LogP contribution in [-0.2, 0) is 16.6 Å². The molecular formula is C15H24N2O2S2. The van der Waals surface area contributed by atoms with Crippen LogP contribution in [0.1, 0.15) is 44.4 Å². The Bertz CT molecular complexity index is 587. The molecule has 1 aromatic rings. The first-order chi connectivity index (χ1) is 9.98. The minimum Gasteiger partial charge on any atom is -0.309 e. The summed E-state index contributed by atoms with van der Waals surface area (Å²) in [6, 6.07) is 2.60. The molecule has 6 heteroatoms. The molecule has 0 atom stereocenters. The maximum atomic E-state index is 13.0. The van der Waals surface area contributed by atoms with Gasteiger partial charge in [0.05, 0.1) is 4.90 Å². The van der Waals surface area contributed by atoms with Gasteiger partial charge in [-0.15, -0.1) is 11.3 Å². The van der Waals surface area contributed by atoms with Crippen LogP contribution in [0, 0.1) is 5.92 Å². The van der Waals surface area contributed by atoms with Crippen molar-refractivity contribution >= 4 is 21.4 Å². The maximum absolute atomic E-state index is 13.0. The summed E-state index contributed by atoms with van der Waals surface area (Å²) < 4.78 is 27.7. The highest BCUT2D eigenvalue weighted by molar-refractivity contribution is 7.89. The molecule has 0 radical (unpaired) electrons. The number of nitrogens with zero attached hydrogens (tertiary/aromatic N) is 1. The molecule has 4 nitrogen and oxygen atoms in total. The van der Waals surface area contributed by atoms with Crippen molar-refractivity contribution in [3.8, 4) is 0 Å². The van der Waals surface area contributed by atoms with Crippen molar-refractivity contribution in [1.82, 2.24) is 9.62 Å². The van der Waals surface area contributed by atoms with Gasteiger partial charge in [0.2, 0.25) is 10.0 Å². The Morgan fingerprint density at radius 3 is 2.62 bits per heavy atom. The molecule has 1 heterocycles. The van der Waals surface area contributed by atoms with Crippen molar-refractivity contribution in [2.45, 2.75) is 63.1 Å². The predicted molar refractivity (Wildman–Crippen MR) is 85.9 cm³/mol. The van der Waals surface area contributed by atoms with Crippen molar-refractivity contribution in [2.24, 2.45) is 5.92 Å². The number of sulfonamides is 1. The topological polar surface area (TPSA) is 49.4 Å². The monoisotopic (exact) mass is 328 g/mol. The first-order valence-corrected chi connectivity index (χ1v) is 10.1. The van der Waals surface area contributed by atoms with Gasteiger partial charge < -0.3 is 5.32 Å². The largest absolute Gasteiger partial charge is 0.309 e. The minimum absolute atomic E-state index is 0.224. The van der Waals surface area contributed by atoms with Crippen LogP contribution < -0.4 is 5.32 Å². The molecule has 2 aliphatic carbocycles. The molecule has 0 bridgehead atoms. The van der Waals surface area contributed by atoms with Crippen LogP contribution in [0.3, 0.4) is 0 Å². The number of rotatable bonds is 8. The van der Waals surface area contributed by atoms with E-state index in [9.17, 15) is 8.42 Å². The molecule has 0 spiro atoms. The third-order valence-corrected chi connectivity index (χ3v) is 6.97. The lowest BCUT2D eigenvalue weighted by molar-refractivity contribution is 0.360. The fourth-order valence-corrected chi connectivity index (χ4v) is 5.72. The number of hydrogen-bond donors (Lipinski definition) is 1. The third-order valence-electron chi connectivity index (χ3n) is 3.92. The zero-order valence-electron chi connectivity index (χ0n) is 12.7. The van der Waals surface area contributed by atoms with Gasteiger partial charge in [0.1, 0.15) is 0 Å². The average Bonchev–Trinajstić information content (AvgIpc) is 3.33. The molecule has 1 aromatic heterocycles. The van der Waals surface area contributed by atoms with Crippen molar-refractivity contribution < 1.29 is 8.42 Å². The number of nitrogens with one attached hydrogen (secondary N) is 1. The van der Waals surface area contributed by atoms with Crippen LogP contribution in [0.2, 0.25) is 0 Å². The first-order valence-electron chi connectivity index (χ1n) is 7.80. The second-order valence-corrected chi connectivity index (χ2v) is 9.42. The Hall–Kier alpha value is -0.430. The van der Waals surface area contributed by atoms with E-state index < -0.39 is 10.0 Å². The zero-order chi connectivity index (χ0) is 15.0. The van der Waals surface area contributed by atoms with Gasteiger partial charge in [0.15, 0.2) is 0 Å². The number of thiophene rings is 1. The van der Waals surface area contributed by atoms with Gasteiger partial charge in [-0.25, -0.2) is 8.42 Å². The second-order valence-electron chi connectivity index (χ2n) is 6.56. The SMILES string of the molecule is CC(C)CN(C1CC1)S(=O)(=O)c1ccsc1CNC1CC1. The molecule has 2 saturated carbocycles. The van der Waals surface area contributed by atoms with Gasteiger partial charge in [0.25, 0.3) is 0 Å². The molecule has 0 amide bonds. The van der Waals surface area contributed by atoms with Crippen LogP contribution >= 0.6 is 11.3 Å². The standard InChI is InChI=1S/C15H24N2O2S2/c1-11(2)10-17(13-5-6-13)21(18,19)15-7-8-20-14(15)9-16-12-3-4-12/h7-8,11-13,16H,3-6,9-10H2,1-2H3. The molecule has 1 N–H and O–H groups in total. The van der Waals surface area contributed by atoms with Gasteiger partial charge in [-0.05, 0) is 43.0 Å². The maximum Gasteiger partial charge on any atom is 0.244 e. The summed E-state index contributed by atoms with van der Waals surface area (Å²) in [5, 5.41) is 5.32. The average molecular weight is 329 g/mol. The van der Waals surface area contributed by atoms with E-state index in [4.69, 9.17) is 0 Å². The van der Waals surface area contributed by atoms with E-state index in [-0.39, 0.29) is 6.04 Å². The van der Waals surface area contributed by atoms with E-state index in [0.29, 0.717) is 29.9 Å². The fourth-order valence-electron chi connectivity index (χ4n) is 2.50. The predicted octanol–water partition coefficient (Wildman–Crippen LogP) is 2.81. The minimum atomic E-state index is -3.34. The Balaban J connectivity index is 1.80. The van der Waals surface area contributed by atoms with Crippen LogP contribution in [-0.4, -0.2) is 31.4 Å². The first kappa shape index (κ1) is 15.5. The normalized spacial score (nSPS) is 19.6. The molecular weight excluding hydrogens is 304 g/mol. The van der Waals surface area contributed by atoms with Crippen molar-refractivity contribution in [1.29, 1.82) is 0 Å². The van der Waals surface area contributed by atoms with Crippen molar-refractivity contribution in [3.63, 3.8) is 0 Å². The van der Waals surface area contributed by atoms with Crippen LogP contribution in [0.4, 0.5) is 0 Å². The van der Waals surface area contributed by atoms with Gasteiger partial charge >= 0.3 is 0 Å². The fraction of sp³-hybridized carbons (Fsp3) is 0.733. The lowest BCUT2D eigenvalue weighted by Crippen LogP contribution is -2.36. The lowest BCUT2D eigenvalue weighted by atomic mass is 10.2. The molecule has 0 saturated heterocycles. The van der Waals surface area contributed by atoms with Crippen LogP contribution in [0.25, 0.3) is 0 Å². The highest BCUT2D eigenvalue weighted by atomic mass is 32.2. The quantitative estimate of drug-likeness (QED) is 0.798. The van der Waals surface area contributed by atoms with Gasteiger partial charge in [-0.1, -0.05) is 13.8 Å². The highest BCUT2D eigenvalue weighted by Crippen LogP contribution is 2.35. The number of hydrogen-bond acceptors (Lipinski definition) is 4. The van der Waals surface area contributed by atoms with E-state index in [1.807, 2.05) is 5.38 Å². The summed E-state index contributed by atoms with van der Waals surface area (Å²) in [5.74, 6) is 0.354. The van der Waals surface area contributed by atoms with Crippen LogP contribution in [0.15, 0.2) is 16.3 Å². The van der Waals surface area contributed by atoms with Gasteiger partial charge in [-0.3, -0.25) is 0 Å². The molecule has 2 aliphatic rings. The summed E-state index contributed by atoms with van der Waals surface area (Å²) >= 11 is 1.55. The van der Waals surface area contributed by atoms with E-state index in [0.717, 1.165) is 17.7 Å². The van der Waals surface area contributed by atoms with Crippen LogP contribution in [0.5, 0.6) is 0 Å². The summed E-state index contributed by atoms with van der Waals surface area (Å²) in [4.78, 5) is 1.48. The molecule has 0 aromatic carbocycles. The molecule has 3 rings (SSSR count). The molecule has 118 valence electrons. The van der Waals surface area contributed by atoms with E-state index >= 15 is 0 Å². The van der Waals surface area contributed by atoms with E-state index in [1.165, 1.54) is 12.8 Å². The Labute approximate surface area is 131 Å². The highest BCUT2D eigenvalue weighted by Gasteiger charge is 2.39. The smallest absolute Gasteiger partial charge is 0.244 e. The third kappa shape index (κ3) is 3.67.